The van der Waals surface area contributed by atoms with Crippen LogP contribution in [-0.4, -0.2) is 12.3 Å². The Morgan fingerprint density at radius 1 is 1.27 bits per heavy atom. The molecule has 0 unspecified atom stereocenters. The third-order valence-electron chi connectivity index (χ3n) is 2.61. The van der Waals surface area contributed by atoms with Crippen LogP contribution in [0.25, 0.3) is 0 Å². The van der Waals surface area contributed by atoms with Gasteiger partial charge in [0.1, 0.15) is 11.9 Å². The first kappa shape index (κ1) is 10.1. The largest absolute Gasteiger partial charge is 0.392 e. The van der Waals surface area contributed by atoms with Crippen LogP contribution < -0.4 is 0 Å². The highest BCUT2D eigenvalue weighted by molar-refractivity contribution is 5.79. The highest BCUT2D eigenvalue weighted by Gasteiger charge is 2.15. The fourth-order valence-electron chi connectivity index (χ4n) is 1.75. The van der Waals surface area contributed by atoms with Crippen LogP contribution in [0.1, 0.15) is 31.2 Å². The van der Waals surface area contributed by atoms with Crippen molar-refractivity contribution in [2.24, 2.45) is 5.16 Å². The van der Waals surface area contributed by atoms with E-state index >= 15 is 0 Å². The summed E-state index contributed by atoms with van der Waals surface area (Å²) in [7, 11) is 0. The van der Waals surface area contributed by atoms with E-state index in [1.165, 1.54) is 25.1 Å². The number of hydrogen-bond acceptors (Lipinski definition) is 2. The Balaban J connectivity index is 1.90. The van der Waals surface area contributed by atoms with Gasteiger partial charge in [0, 0.05) is 5.56 Å². The number of nitrogens with zero attached hydrogens (tertiary/aromatic N) is 1. The van der Waals surface area contributed by atoms with Gasteiger partial charge in [-0.15, -0.1) is 0 Å². The van der Waals surface area contributed by atoms with E-state index in [1.807, 2.05) is 0 Å². The van der Waals surface area contributed by atoms with Crippen LogP contribution in [0.15, 0.2) is 29.4 Å². The van der Waals surface area contributed by atoms with Crippen LogP contribution >= 0.6 is 0 Å². The highest BCUT2D eigenvalue weighted by Crippen LogP contribution is 2.20. The lowest BCUT2D eigenvalue weighted by molar-refractivity contribution is 0.0657. The summed E-state index contributed by atoms with van der Waals surface area (Å²) in [5.74, 6) is -0.267. The SMILES string of the molecule is Fc1ccccc1C=NOC1CCCC1. The zero-order valence-electron chi connectivity index (χ0n) is 8.53. The molecular formula is C12H14FNO. The van der Waals surface area contributed by atoms with Gasteiger partial charge in [0.25, 0.3) is 0 Å². The Morgan fingerprint density at radius 2 is 2.00 bits per heavy atom. The van der Waals surface area contributed by atoms with E-state index in [-0.39, 0.29) is 11.9 Å². The quantitative estimate of drug-likeness (QED) is 0.551. The molecule has 2 rings (SSSR count). The van der Waals surface area contributed by atoms with Crippen LogP contribution in [0.2, 0.25) is 0 Å². The minimum atomic E-state index is -0.267. The van der Waals surface area contributed by atoms with Crippen molar-refractivity contribution in [1.29, 1.82) is 0 Å². The van der Waals surface area contributed by atoms with E-state index in [4.69, 9.17) is 4.84 Å². The molecule has 1 aromatic rings. The van der Waals surface area contributed by atoms with Crippen molar-refractivity contribution in [1.82, 2.24) is 0 Å². The molecule has 3 heteroatoms. The highest BCUT2D eigenvalue weighted by atomic mass is 19.1. The van der Waals surface area contributed by atoms with Gasteiger partial charge >= 0.3 is 0 Å². The first-order valence-electron chi connectivity index (χ1n) is 5.30. The molecule has 0 N–H and O–H groups in total. The fraction of sp³-hybridized carbons (Fsp3) is 0.417. The summed E-state index contributed by atoms with van der Waals surface area (Å²) in [5, 5.41) is 3.82. The predicted octanol–water partition coefficient (Wildman–Crippen LogP) is 3.12. The molecule has 1 fully saturated rings. The summed E-state index contributed by atoms with van der Waals surface area (Å²) in [4.78, 5) is 5.26. The van der Waals surface area contributed by atoms with Crippen molar-refractivity contribution in [2.75, 3.05) is 0 Å². The molecule has 15 heavy (non-hydrogen) atoms. The van der Waals surface area contributed by atoms with Gasteiger partial charge in [0.05, 0.1) is 6.21 Å². The first-order chi connectivity index (χ1) is 7.36. The van der Waals surface area contributed by atoms with Gasteiger partial charge in [-0.2, -0.15) is 0 Å². The lowest BCUT2D eigenvalue weighted by Gasteiger charge is -2.05. The Morgan fingerprint density at radius 3 is 2.73 bits per heavy atom. The van der Waals surface area contributed by atoms with E-state index in [2.05, 4.69) is 5.16 Å². The molecule has 0 bridgehead atoms. The van der Waals surface area contributed by atoms with Crippen molar-refractivity contribution in [3.05, 3.63) is 35.6 Å². The average Bonchev–Trinajstić information content (AvgIpc) is 2.74. The molecule has 0 aromatic heterocycles. The smallest absolute Gasteiger partial charge is 0.132 e. The summed E-state index contributed by atoms with van der Waals surface area (Å²) in [5.41, 5.74) is 0.468. The lowest BCUT2D eigenvalue weighted by Crippen LogP contribution is -2.02. The number of benzene rings is 1. The normalized spacial score (nSPS) is 17.4. The summed E-state index contributed by atoms with van der Waals surface area (Å²) in [6.07, 6.45) is 6.21. The second-order valence-electron chi connectivity index (χ2n) is 3.77. The molecule has 80 valence electrons. The molecule has 1 aliphatic carbocycles. The molecule has 0 aliphatic heterocycles. The molecule has 0 spiro atoms. The van der Waals surface area contributed by atoms with Crippen molar-refractivity contribution >= 4 is 6.21 Å². The maximum Gasteiger partial charge on any atom is 0.132 e. The lowest BCUT2D eigenvalue weighted by atomic mass is 10.2. The number of halogens is 1. The standard InChI is InChI=1S/C12H14FNO/c13-12-8-4-1-5-10(12)9-14-15-11-6-2-3-7-11/h1,4-5,8-9,11H,2-3,6-7H2. The minimum absolute atomic E-state index is 0.230. The van der Waals surface area contributed by atoms with Crippen LogP contribution in [0.5, 0.6) is 0 Å². The van der Waals surface area contributed by atoms with E-state index in [1.54, 1.807) is 18.2 Å². The summed E-state index contributed by atoms with van der Waals surface area (Å²) in [6.45, 7) is 0. The Hall–Kier alpha value is -1.38. The van der Waals surface area contributed by atoms with Crippen molar-refractivity contribution in [2.45, 2.75) is 31.8 Å². The van der Waals surface area contributed by atoms with E-state index in [9.17, 15) is 4.39 Å². The predicted molar refractivity (Wildman–Crippen MR) is 57.3 cm³/mol. The summed E-state index contributed by atoms with van der Waals surface area (Å²) < 4.78 is 13.1. The minimum Gasteiger partial charge on any atom is -0.392 e. The van der Waals surface area contributed by atoms with Crippen LogP contribution in [0, 0.1) is 5.82 Å². The maximum atomic E-state index is 13.1. The van der Waals surface area contributed by atoms with Gasteiger partial charge in [-0.3, -0.25) is 0 Å². The van der Waals surface area contributed by atoms with Gasteiger partial charge in [-0.25, -0.2) is 4.39 Å². The zero-order chi connectivity index (χ0) is 10.5. The summed E-state index contributed by atoms with van der Waals surface area (Å²) >= 11 is 0. The van der Waals surface area contributed by atoms with Crippen molar-refractivity contribution < 1.29 is 9.23 Å². The monoisotopic (exact) mass is 207 g/mol. The van der Waals surface area contributed by atoms with Crippen LogP contribution in [0.4, 0.5) is 4.39 Å². The van der Waals surface area contributed by atoms with Crippen molar-refractivity contribution in [3.63, 3.8) is 0 Å². The third-order valence-corrected chi connectivity index (χ3v) is 2.61. The average molecular weight is 207 g/mol. The summed E-state index contributed by atoms with van der Waals surface area (Å²) in [6, 6.07) is 6.53. The van der Waals surface area contributed by atoms with Gasteiger partial charge in [-0.05, 0) is 31.7 Å². The molecule has 1 aliphatic rings. The number of oxime groups is 1. The van der Waals surface area contributed by atoms with Crippen LogP contribution in [-0.2, 0) is 4.84 Å². The van der Waals surface area contributed by atoms with Gasteiger partial charge in [-0.1, -0.05) is 23.4 Å². The molecule has 1 aromatic carbocycles. The second kappa shape index (κ2) is 4.91. The van der Waals surface area contributed by atoms with Gasteiger partial charge in [0.2, 0.25) is 0 Å². The maximum absolute atomic E-state index is 13.1. The molecular weight excluding hydrogens is 193 g/mol. The Labute approximate surface area is 88.7 Å². The Kier molecular flexibility index (Phi) is 3.33. The molecule has 0 atom stereocenters. The van der Waals surface area contributed by atoms with Gasteiger partial charge < -0.3 is 4.84 Å². The topological polar surface area (TPSA) is 21.6 Å². The molecule has 0 amide bonds. The molecule has 0 radical (unpaired) electrons. The van der Waals surface area contributed by atoms with Crippen LogP contribution in [0.3, 0.4) is 0 Å². The second-order valence-corrected chi connectivity index (χ2v) is 3.77. The van der Waals surface area contributed by atoms with Crippen molar-refractivity contribution in [3.8, 4) is 0 Å². The molecule has 0 saturated heterocycles. The molecule has 2 nitrogen and oxygen atoms in total. The third kappa shape index (κ3) is 2.78. The number of hydrogen-bond donors (Lipinski definition) is 0. The van der Waals surface area contributed by atoms with Gasteiger partial charge in [0.15, 0.2) is 0 Å². The fourth-order valence-corrected chi connectivity index (χ4v) is 1.75. The zero-order valence-corrected chi connectivity index (χ0v) is 8.53. The van der Waals surface area contributed by atoms with E-state index in [0.29, 0.717) is 5.56 Å². The molecule has 1 saturated carbocycles. The first-order valence-corrected chi connectivity index (χ1v) is 5.30. The van der Waals surface area contributed by atoms with E-state index < -0.39 is 0 Å². The van der Waals surface area contributed by atoms with E-state index in [0.717, 1.165) is 12.8 Å². The number of rotatable bonds is 3. The Bertz CT molecular complexity index is 345. The molecule has 0 heterocycles.